The summed E-state index contributed by atoms with van der Waals surface area (Å²) in [5.41, 5.74) is 0.0240. The van der Waals surface area contributed by atoms with Crippen molar-refractivity contribution in [3.8, 4) is 5.75 Å². The fraction of sp³-hybridized carbons (Fsp3) is 0.774. The van der Waals surface area contributed by atoms with Gasteiger partial charge in [-0.05, 0) is 18.6 Å². The second-order valence-corrected chi connectivity index (χ2v) is 9.53. The van der Waals surface area contributed by atoms with Crippen LogP contribution in [0, 0.1) is 10.1 Å². The van der Waals surface area contributed by atoms with Crippen LogP contribution in [0.15, 0.2) is 24.3 Å². The van der Waals surface area contributed by atoms with Crippen molar-refractivity contribution >= 4 is 11.7 Å². The lowest BCUT2D eigenvalue weighted by molar-refractivity contribution is -0.384. The highest BCUT2D eigenvalue weighted by molar-refractivity contribution is 5.69. The van der Waals surface area contributed by atoms with Crippen LogP contribution in [0.2, 0.25) is 0 Å². The summed E-state index contributed by atoms with van der Waals surface area (Å²) in [6, 6.07) is 5.90. The van der Waals surface area contributed by atoms with Gasteiger partial charge in [0, 0.05) is 18.6 Å². The zero-order valence-corrected chi connectivity index (χ0v) is 26.8. The fourth-order valence-corrected chi connectivity index (χ4v) is 3.51. The molecule has 14 nitrogen and oxygen atoms in total. The molecule has 14 heteroatoms. The topological polar surface area (TPSA) is 153 Å². The Morgan fingerprint density at radius 1 is 0.556 bits per heavy atom. The standard InChI is InChI=1S/C31H53NO13/c1-2-3-4-5-6-31(33)45-28-26-43-24-22-41-20-18-39-16-14-37-12-11-36-13-15-38-17-19-40-21-23-42-25-27-44-30-9-7-29(8-10-30)32(34)35/h7-10H,2-6,11-28H2,1H3. The van der Waals surface area contributed by atoms with E-state index in [1.54, 1.807) is 12.1 Å². The molecule has 260 valence electrons. The number of esters is 1. The van der Waals surface area contributed by atoms with E-state index in [2.05, 4.69) is 6.92 Å². The summed E-state index contributed by atoms with van der Waals surface area (Å²) >= 11 is 0. The second-order valence-electron chi connectivity index (χ2n) is 9.53. The monoisotopic (exact) mass is 647 g/mol. The molecule has 0 aliphatic carbocycles. The number of rotatable bonds is 34. The maximum atomic E-state index is 11.5. The molecule has 0 aromatic heterocycles. The molecule has 0 aliphatic heterocycles. The maximum Gasteiger partial charge on any atom is 0.305 e. The second kappa shape index (κ2) is 31.5. The van der Waals surface area contributed by atoms with E-state index in [9.17, 15) is 14.9 Å². The van der Waals surface area contributed by atoms with Crippen LogP contribution in [0.5, 0.6) is 5.75 Å². The maximum absolute atomic E-state index is 11.5. The Morgan fingerprint density at radius 3 is 1.31 bits per heavy atom. The van der Waals surface area contributed by atoms with E-state index in [-0.39, 0.29) is 18.3 Å². The van der Waals surface area contributed by atoms with Gasteiger partial charge in [-0.2, -0.15) is 0 Å². The van der Waals surface area contributed by atoms with Crippen molar-refractivity contribution in [3.63, 3.8) is 0 Å². The third-order valence-electron chi connectivity index (χ3n) is 5.87. The first-order valence-corrected chi connectivity index (χ1v) is 15.8. The molecule has 0 amide bonds. The van der Waals surface area contributed by atoms with Gasteiger partial charge in [0.2, 0.25) is 0 Å². The minimum atomic E-state index is -0.454. The number of nitro benzene ring substituents is 1. The Bertz CT molecular complexity index is 813. The molecule has 0 bridgehead atoms. The normalized spacial score (nSPS) is 11.1. The van der Waals surface area contributed by atoms with E-state index in [0.717, 1.165) is 25.7 Å². The molecule has 45 heavy (non-hydrogen) atoms. The zero-order valence-electron chi connectivity index (χ0n) is 26.8. The molecule has 1 rings (SSSR count). The van der Waals surface area contributed by atoms with Crippen LogP contribution < -0.4 is 4.74 Å². The van der Waals surface area contributed by atoms with E-state index in [0.29, 0.717) is 124 Å². The van der Waals surface area contributed by atoms with Crippen LogP contribution in [-0.4, -0.2) is 130 Å². The number of non-ortho nitro benzene ring substituents is 1. The lowest BCUT2D eigenvalue weighted by Gasteiger charge is -2.09. The third kappa shape index (κ3) is 27.6. The number of carbonyl (C=O) groups is 1. The first-order valence-electron chi connectivity index (χ1n) is 15.8. The summed E-state index contributed by atoms with van der Waals surface area (Å²) in [7, 11) is 0. The molecule has 0 heterocycles. The number of ether oxygens (including phenoxy) is 10. The van der Waals surface area contributed by atoms with Gasteiger partial charge in [-0.15, -0.1) is 0 Å². The zero-order chi connectivity index (χ0) is 32.5. The highest BCUT2D eigenvalue weighted by Crippen LogP contribution is 2.17. The lowest BCUT2D eigenvalue weighted by atomic mass is 10.2. The fourth-order valence-electron chi connectivity index (χ4n) is 3.51. The smallest absolute Gasteiger partial charge is 0.305 e. The van der Waals surface area contributed by atoms with E-state index >= 15 is 0 Å². The van der Waals surface area contributed by atoms with Gasteiger partial charge in [0.05, 0.1) is 111 Å². The number of hydrogen-bond acceptors (Lipinski definition) is 13. The molecular weight excluding hydrogens is 594 g/mol. The average molecular weight is 648 g/mol. The van der Waals surface area contributed by atoms with Crippen molar-refractivity contribution in [2.24, 2.45) is 0 Å². The number of unbranched alkanes of at least 4 members (excludes halogenated alkanes) is 3. The van der Waals surface area contributed by atoms with Gasteiger partial charge in [-0.3, -0.25) is 14.9 Å². The van der Waals surface area contributed by atoms with E-state index < -0.39 is 4.92 Å². The minimum absolute atomic E-state index is 0.0240. The van der Waals surface area contributed by atoms with Crippen molar-refractivity contribution in [3.05, 3.63) is 34.4 Å². The molecule has 1 aromatic carbocycles. The van der Waals surface area contributed by atoms with Crippen molar-refractivity contribution < 1.29 is 57.1 Å². The lowest BCUT2D eigenvalue weighted by Crippen LogP contribution is -2.15. The molecule has 1 aromatic rings. The van der Waals surface area contributed by atoms with Crippen LogP contribution in [0.3, 0.4) is 0 Å². The molecular formula is C31H53NO13. The first kappa shape index (κ1) is 40.6. The molecule has 0 radical (unpaired) electrons. The van der Waals surface area contributed by atoms with Crippen molar-refractivity contribution in [2.45, 2.75) is 39.0 Å². The third-order valence-corrected chi connectivity index (χ3v) is 5.87. The van der Waals surface area contributed by atoms with Gasteiger partial charge < -0.3 is 47.4 Å². The Morgan fingerprint density at radius 2 is 0.933 bits per heavy atom. The summed E-state index contributed by atoms with van der Waals surface area (Å²) in [6.07, 6.45) is 4.73. The molecule has 0 spiro atoms. The summed E-state index contributed by atoms with van der Waals surface area (Å²) < 4.78 is 54.1. The van der Waals surface area contributed by atoms with E-state index in [4.69, 9.17) is 47.4 Å². The van der Waals surface area contributed by atoms with Gasteiger partial charge in [0.15, 0.2) is 0 Å². The number of benzene rings is 1. The minimum Gasteiger partial charge on any atom is -0.491 e. The quantitative estimate of drug-likeness (QED) is 0.0464. The number of carbonyl (C=O) groups excluding carboxylic acids is 1. The van der Waals surface area contributed by atoms with Gasteiger partial charge >= 0.3 is 5.97 Å². The van der Waals surface area contributed by atoms with Crippen LogP contribution in [0.1, 0.15) is 39.0 Å². The summed E-state index contributed by atoms with van der Waals surface area (Å²) in [5, 5.41) is 10.6. The molecule has 0 atom stereocenters. The Hall–Kier alpha value is -2.43. The SMILES string of the molecule is CCCCCCC(=O)OCCOCCOCCOCCOCCOCCOCCOCCOCCOc1ccc([N+](=O)[O-])cc1. The number of nitrogens with zero attached hydrogens (tertiary/aromatic N) is 1. The Balaban J connectivity index is 1.68. The molecule has 0 fully saturated rings. The predicted octanol–water partition coefficient (Wildman–Crippen LogP) is 3.62. The predicted molar refractivity (Wildman–Crippen MR) is 165 cm³/mol. The molecule has 0 unspecified atom stereocenters. The molecule has 0 saturated heterocycles. The van der Waals surface area contributed by atoms with Crippen molar-refractivity contribution in [2.75, 3.05) is 119 Å². The Kier molecular flexibility index (Phi) is 28.5. The van der Waals surface area contributed by atoms with Crippen molar-refractivity contribution in [1.29, 1.82) is 0 Å². The number of hydrogen-bond donors (Lipinski definition) is 0. The summed E-state index contributed by atoms with van der Waals surface area (Å²) in [4.78, 5) is 21.7. The summed E-state index contributed by atoms with van der Waals surface area (Å²) in [5.74, 6) is 0.395. The van der Waals surface area contributed by atoms with Crippen LogP contribution in [-0.2, 0) is 47.4 Å². The van der Waals surface area contributed by atoms with E-state index in [1.807, 2.05) is 0 Å². The van der Waals surface area contributed by atoms with Gasteiger partial charge in [0.25, 0.3) is 5.69 Å². The first-order chi connectivity index (χ1) is 22.1. The van der Waals surface area contributed by atoms with Crippen molar-refractivity contribution in [1.82, 2.24) is 0 Å². The highest BCUT2D eigenvalue weighted by atomic mass is 16.6. The largest absolute Gasteiger partial charge is 0.491 e. The average Bonchev–Trinajstić information content (AvgIpc) is 3.04. The molecule has 0 saturated carbocycles. The molecule has 0 aliphatic rings. The highest BCUT2D eigenvalue weighted by Gasteiger charge is 2.04. The van der Waals surface area contributed by atoms with Gasteiger partial charge in [-0.25, -0.2) is 0 Å². The van der Waals surface area contributed by atoms with Crippen LogP contribution >= 0.6 is 0 Å². The van der Waals surface area contributed by atoms with Gasteiger partial charge in [0.1, 0.15) is 19.0 Å². The van der Waals surface area contributed by atoms with E-state index in [1.165, 1.54) is 12.1 Å². The Labute approximate surface area is 267 Å². The summed E-state index contributed by atoms with van der Waals surface area (Å²) in [6.45, 7) is 10.0. The van der Waals surface area contributed by atoms with Crippen LogP contribution in [0.25, 0.3) is 0 Å². The van der Waals surface area contributed by atoms with Gasteiger partial charge in [-0.1, -0.05) is 26.2 Å². The molecule has 0 N–H and O–H groups in total. The van der Waals surface area contributed by atoms with Crippen LogP contribution in [0.4, 0.5) is 5.69 Å². The number of nitro groups is 1.